The van der Waals surface area contributed by atoms with Gasteiger partial charge >= 0.3 is 0 Å². The van der Waals surface area contributed by atoms with Gasteiger partial charge in [-0.25, -0.2) is 0 Å². The zero-order chi connectivity index (χ0) is 37.5. The Hall–Kier alpha value is -7.20. The van der Waals surface area contributed by atoms with Crippen LogP contribution >= 0.6 is 11.3 Å². The summed E-state index contributed by atoms with van der Waals surface area (Å²) in [6.07, 6.45) is 0. The van der Waals surface area contributed by atoms with Crippen LogP contribution in [0.5, 0.6) is 0 Å². The van der Waals surface area contributed by atoms with Crippen LogP contribution in [0.2, 0.25) is 0 Å². The van der Waals surface area contributed by atoms with Gasteiger partial charge in [0.2, 0.25) is 0 Å². The van der Waals surface area contributed by atoms with E-state index in [1.54, 1.807) is 0 Å². The van der Waals surface area contributed by atoms with Gasteiger partial charge in [0.05, 0.1) is 22.1 Å². The van der Waals surface area contributed by atoms with Gasteiger partial charge in [0.25, 0.3) is 0 Å². The minimum Gasteiger partial charge on any atom is -0.309 e. The van der Waals surface area contributed by atoms with Gasteiger partial charge in [-0.1, -0.05) is 140 Å². The standard InChI is InChI=1S/C54H34N2S/c1-2-10-35(11-3-1)40-26-31-51-46(32-40)43-12-4-7-15-49(43)55(51)41-27-22-38(23-28-41)36-18-20-37(21-19-36)39-24-29-42(30-25-39)56-50-16-8-5-13-44(50)47-34-54-48(33-52(47)56)45-14-6-9-17-53(45)57-54/h1-34H. The molecule has 0 spiro atoms. The third kappa shape index (κ3) is 5.10. The number of hydrogen-bond acceptors (Lipinski definition) is 1. The Kier molecular flexibility index (Phi) is 7.13. The lowest BCUT2D eigenvalue weighted by atomic mass is 10.00. The van der Waals surface area contributed by atoms with Crippen LogP contribution in [0.4, 0.5) is 0 Å². The second-order valence-electron chi connectivity index (χ2n) is 14.9. The Morgan fingerprint density at radius 3 is 1.30 bits per heavy atom. The number of para-hydroxylation sites is 2. The molecule has 0 N–H and O–H groups in total. The molecule has 0 fully saturated rings. The van der Waals surface area contributed by atoms with Gasteiger partial charge in [-0.2, -0.15) is 0 Å². The van der Waals surface area contributed by atoms with Gasteiger partial charge in [-0.3, -0.25) is 0 Å². The summed E-state index contributed by atoms with van der Waals surface area (Å²) in [6.45, 7) is 0. The Balaban J connectivity index is 0.858. The molecule has 57 heavy (non-hydrogen) atoms. The van der Waals surface area contributed by atoms with Crippen LogP contribution in [0.25, 0.3) is 109 Å². The molecule has 0 amide bonds. The van der Waals surface area contributed by atoms with E-state index in [0.717, 1.165) is 5.69 Å². The quantitative estimate of drug-likeness (QED) is 0.166. The molecular formula is C54H34N2S. The summed E-state index contributed by atoms with van der Waals surface area (Å²) in [5, 5.41) is 7.76. The lowest BCUT2D eigenvalue weighted by Crippen LogP contribution is -1.94. The van der Waals surface area contributed by atoms with E-state index in [9.17, 15) is 0 Å². The van der Waals surface area contributed by atoms with E-state index in [4.69, 9.17) is 0 Å². The number of hydrogen-bond donors (Lipinski definition) is 0. The molecular weight excluding hydrogens is 709 g/mol. The zero-order valence-electron chi connectivity index (χ0n) is 30.9. The number of benzene rings is 9. The van der Waals surface area contributed by atoms with E-state index in [-0.39, 0.29) is 0 Å². The van der Waals surface area contributed by atoms with E-state index in [1.165, 1.54) is 103 Å². The normalized spacial score (nSPS) is 11.9. The molecule has 0 saturated heterocycles. The van der Waals surface area contributed by atoms with Crippen LogP contribution in [0.15, 0.2) is 206 Å². The van der Waals surface area contributed by atoms with Crippen molar-refractivity contribution in [3.05, 3.63) is 206 Å². The highest BCUT2D eigenvalue weighted by molar-refractivity contribution is 7.25. The van der Waals surface area contributed by atoms with Gasteiger partial charge in [0, 0.05) is 53.1 Å². The summed E-state index contributed by atoms with van der Waals surface area (Å²) in [7, 11) is 0. The highest BCUT2D eigenvalue weighted by Gasteiger charge is 2.16. The number of fused-ring (bicyclic) bond motifs is 9. The second kappa shape index (κ2) is 12.7. The van der Waals surface area contributed by atoms with Crippen LogP contribution in [0.3, 0.4) is 0 Å². The van der Waals surface area contributed by atoms with E-state index in [2.05, 4.69) is 215 Å². The first kappa shape index (κ1) is 32.1. The first-order valence-corrected chi connectivity index (χ1v) is 20.3. The first-order valence-electron chi connectivity index (χ1n) is 19.5. The van der Waals surface area contributed by atoms with Gasteiger partial charge in [-0.15, -0.1) is 11.3 Å². The molecule has 3 heteroatoms. The summed E-state index contributed by atoms with van der Waals surface area (Å²) >= 11 is 1.88. The maximum Gasteiger partial charge on any atom is 0.0548 e. The predicted molar refractivity (Wildman–Crippen MR) is 244 cm³/mol. The molecule has 3 heterocycles. The molecule has 9 aromatic carbocycles. The number of rotatable bonds is 5. The molecule has 0 unspecified atom stereocenters. The van der Waals surface area contributed by atoms with Crippen molar-refractivity contribution in [2.24, 2.45) is 0 Å². The van der Waals surface area contributed by atoms with Crippen LogP contribution in [0, 0.1) is 0 Å². The van der Waals surface area contributed by atoms with Gasteiger partial charge < -0.3 is 9.13 Å². The van der Waals surface area contributed by atoms with E-state index in [1.807, 2.05) is 11.3 Å². The molecule has 266 valence electrons. The van der Waals surface area contributed by atoms with Crippen LogP contribution in [0.1, 0.15) is 0 Å². The van der Waals surface area contributed by atoms with Crippen LogP contribution in [-0.2, 0) is 0 Å². The van der Waals surface area contributed by atoms with Crippen molar-refractivity contribution in [3.8, 4) is 44.8 Å². The fourth-order valence-electron chi connectivity index (χ4n) is 8.99. The molecule has 3 aromatic heterocycles. The maximum absolute atomic E-state index is 2.42. The fourth-order valence-corrected chi connectivity index (χ4v) is 10.1. The van der Waals surface area contributed by atoms with Crippen molar-refractivity contribution in [1.29, 1.82) is 0 Å². The summed E-state index contributed by atoms with van der Waals surface area (Å²) in [4.78, 5) is 0. The zero-order valence-corrected chi connectivity index (χ0v) is 31.7. The SMILES string of the molecule is c1ccc(-c2ccc3c(c2)c2ccccc2n3-c2ccc(-c3ccc(-c4ccc(-n5c6ccccc6c6cc7sc8ccccc8c7cc65)cc4)cc3)cc2)cc1. The van der Waals surface area contributed by atoms with E-state index >= 15 is 0 Å². The van der Waals surface area contributed by atoms with Crippen molar-refractivity contribution < 1.29 is 0 Å². The van der Waals surface area contributed by atoms with Crippen molar-refractivity contribution in [1.82, 2.24) is 9.13 Å². The van der Waals surface area contributed by atoms with Crippen LogP contribution in [-0.4, -0.2) is 9.13 Å². The Bertz CT molecular complexity index is 3470. The van der Waals surface area contributed by atoms with Gasteiger partial charge in [-0.05, 0) is 100 Å². The lowest BCUT2D eigenvalue weighted by Gasteiger charge is -2.11. The second-order valence-corrected chi connectivity index (χ2v) is 16.0. The minimum absolute atomic E-state index is 1.16. The number of nitrogens with zero attached hydrogens (tertiary/aromatic N) is 2. The maximum atomic E-state index is 2.42. The largest absolute Gasteiger partial charge is 0.309 e. The third-order valence-corrected chi connectivity index (χ3v) is 12.9. The average molecular weight is 743 g/mol. The summed E-state index contributed by atoms with van der Waals surface area (Å²) in [5.41, 5.74) is 14.5. The minimum atomic E-state index is 1.16. The van der Waals surface area contributed by atoms with Gasteiger partial charge in [0.1, 0.15) is 0 Å². The van der Waals surface area contributed by atoms with Crippen molar-refractivity contribution in [2.75, 3.05) is 0 Å². The molecule has 0 aliphatic rings. The Morgan fingerprint density at radius 1 is 0.246 bits per heavy atom. The topological polar surface area (TPSA) is 9.86 Å². The molecule has 12 rings (SSSR count). The number of thiophene rings is 1. The molecule has 2 nitrogen and oxygen atoms in total. The average Bonchev–Trinajstić information content (AvgIpc) is 3.93. The molecule has 0 aliphatic carbocycles. The van der Waals surface area contributed by atoms with Crippen molar-refractivity contribution >= 4 is 75.1 Å². The van der Waals surface area contributed by atoms with Gasteiger partial charge in [0.15, 0.2) is 0 Å². The van der Waals surface area contributed by atoms with E-state index < -0.39 is 0 Å². The molecule has 0 radical (unpaired) electrons. The molecule has 0 aliphatic heterocycles. The first-order chi connectivity index (χ1) is 28.2. The molecule has 0 atom stereocenters. The highest BCUT2D eigenvalue weighted by Crippen LogP contribution is 2.41. The lowest BCUT2D eigenvalue weighted by molar-refractivity contribution is 1.18. The molecule has 0 saturated carbocycles. The summed E-state index contributed by atoms with van der Waals surface area (Å²) < 4.78 is 7.48. The monoisotopic (exact) mass is 742 g/mol. The molecule has 0 bridgehead atoms. The Labute approximate surface area is 333 Å². The van der Waals surface area contributed by atoms with Crippen molar-refractivity contribution in [2.45, 2.75) is 0 Å². The van der Waals surface area contributed by atoms with Crippen LogP contribution < -0.4 is 0 Å². The Morgan fingerprint density at radius 2 is 0.684 bits per heavy atom. The number of aromatic nitrogens is 2. The predicted octanol–water partition coefficient (Wildman–Crippen LogP) is 15.2. The van der Waals surface area contributed by atoms with E-state index in [0.29, 0.717) is 0 Å². The van der Waals surface area contributed by atoms with Crippen molar-refractivity contribution in [3.63, 3.8) is 0 Å². The molecule has 12 aromatic rings. The summed E-state index contributed by atoms with van der Waals surface area (Å²) in [6, 6.07) is 75.5. The summed E-state index contributed by atoms with van der Waals surface area (Å²) in [5.74, 6) is 0. The fraction of sp³-hybridized carbons (Fsp3) is 0. The highest BCUT2D eigenvalue weighted by atomic mass is 32.1. The third-order valence-electron chi connectivity index (χ3n) is 11.8. The smallest absolute Gasteiger partial charge is 0.0548 e.